The molecule has 0 atom stereocenters. The van der Waals surface area contributed by atoms with Gasteiger partial charge in [0.2, 0.25) is 5.78 Å². The number of allylic oxidation sites excluding steroid dienone is 2. The van der Waals surface area contributed by atoms with Crippen LogP contribution in [-0.2, 0) is 12.8 Å². The molecule has 0 aliphatic heterocycles. The molecule has 2 aromatic rings. The zero-order valence-electron chi connectivity index (χ0n) is 13.8. The second-order valence-corrected chi connectivity index (χ2v) is 6.77. The van der Waals surface area contributed by atoms with Crippen molar-refractivity contribution in [2.45, 2.75) is 19.8 Å². The van der Waals surface area contributed by atoms with Gasteiger partial charge in [0.1, 0.15) is 11.5 Å². The summed E-state index contributed by atoms with van der Waals surface area (Å²) in [4.78, 5) is 24.7. The molecule has 5 heteroatoms. The summed E-state index contributed by atoms with van der Waals surface area (Å²) in [6.45, 7) is 2.00. The minimum absolute atomic E-state index is 0.00535. The van der Waals surface area contributed by atoms with Crippen LogP contribution >= 0.6 is 11.6 Å². The topological polar surface area (TPSA) is 63.6 Å². The Morgan fingerprint density at radius 1 is 1.08 bits per heavy atom. The number of Topliss-reactive ketones (excluding diaryl/α,β-unsaturated/α-hetero) is 1. The molecule has 4 rings (SSSR count). The van der Waals surface area contributed by atoms with Crippen molar-refractivity contribution < 1.29 is 19.4 Å². The molecule has 0 saturated carbocycles. The molecule has 4 nitrogen and oxygen atoms in total. The van der Waals surface area contributed by atoms with E-state index in [2.05, 4.69) is 6.07 Å². The monoisotopic (exact) mass is 354 g/mol. The molecule has 2 aliphatic rings. The number of rotatable bonds is 1. The zero-order valence-corrected chi connectivity index (χ0v) is 14.5. The van der Waals surface area contributed by atoms with Crippen LogP contribution in [0, 0.1) is 6.92 Å². The van der Waals surface area contributed by atoms with E-state index >= 15 is 0 Å². The molecule has 0 radical (unpaired) electrons. The lowest BCUT2D eigenvalue weighted by Gasteiger charge is -2.26. The molecule has 0 aromatic heterocycles. The van der Waals surface area contributed by atoms with Crippen LogP contribution in [0.25, 0.3) is 11.1 Å². The van der Waals surface area contributed by atoms with Gasteiger partial charge in [-0.15, -0.1) is 0 Å². The number of fused-ring (bicyclic) bond motifs is 4. The van der Waals surface area contributed by atoms with Crippen molar-refractivity contribution in [1.82, 2.24) is 0 Å². The van der Waals surface area contributed by atoms with Crippen LogP contribution in [0.2, 0.25) is 0 Å². The molecular formula is C20H15ClO4. The smallest absolute Gasteiger partial charge is 0.208 e. The Bertz CT molecular complexity index is 984. The van der Waals surface area contributed by atoms with Gasteiger partial charge in [-0.05, 0) is 48.6 Å². The largest absolute Gasteiger partial charge is 0.507 e. The van der Waals surface area contributed by atoms with Crippen LogP contribution in [0.15, 0.2) is 29.3 Å². The Hall–Kier alpha value is -2.59. The van der Waals surface area contributed by atoms with Gasteiger partial charge in [-0.1, -0.05) is 17.7 Å². The Labute approximate surface area is 149 Å². The van der Waals surface area contributed by atoms with E-state index in [1.54, 1.807) is 13.2 Å². The van der Waals surface area contributed by atoms with E-state index in [0.29, 0.717) is 17.7 Å². The highest BCUT2D eigenvalue weighted by Crippen LogP contribution is 2.46. The number of ketones is 2. The third kappa shape index (κ3) is 2.21. The molecule has 0 saturated heterocycles. The number of hydrogen-bond donors (Lipinski definition) is 1. The standard InChI is InChI=1S/C20H15ClO4/c1-9-5-10-3-4-11-12(17(10)16(6-9)25-2)7-13-15(22)8-14(21)20(24)18(13)19(11)23/h5-8,23H,3-4H2,1-2H3. The molecule has 0 spiro atoms. The predicted molar refractivity (Wildman–Crippen MR) is 94.8 cm³/mol. The SMILES string of the molecule is COc1cc(C)cc2c1-c1cc3c(c(O)c1CC2)C(=O)C(Cl)=CC3=O. The summed E-state index contributed by atoms with van der Waals surface area (Å²) < 4.78 is 5.53. The first kappa shape index (κ1) is 15.9. The molecule has 0 unspecified atom stereocenters. The Kier molecular flexibility index (Phi) is 3.48. The summed E-state index contributed by atoms with van der Waals surface area (Å²) in [5.74, 6) is -0.349. The minimum Gasteiger partial charge on any atom is -0.507 e. The van der Waals surface area contributed by atoms with Crippen molar-refractivity contribution in [2.24, 2.45) is 0 Å². The van der Waals surface area contributed by atoms with Crippen molar-refractivity contribution in [2.75, 3.05) is 7.11 Å². The molecule has 126 valence electrons. The number of hydrogen-bond acceptors (Lipinski definition) is 4. The number of carbonyl (C=O) groups is 2. The van der Waals surface area contributed by atoms with Crippen LogP contribution in [0.4, 0.5) is 0 Å². The van der Waals surface area contributed by atoms with Gasteiger partial charge in [0, 0.05) is 22.8 Å². The van der Waals surface area contributed by atoms with E-state index in [-0.39, 0.29) is 27.7 Å². The van der Waals surface area contributed by atoms with Crippen molar-refractivity contribution in [1.29, 1.82) is 0 Å². The third-order valence-electron chi connectivity index (χ3n) is 4.83. The summed E-state index contributed by atoms with van der Waals surface area (Å²) in [6.07, 6.45) is 2.41. The highest BCUT2D eigenvalue weighted by Gasteiger charge is 2.33. The van der Waals surface area contributed by atoms with Crippen LogP contribution < -0.4 is 4.74 Å². The number of aryl methyl sites for hydroxylation is 2. The molecular weight excluding hydrogens is 340 g/mol. The maximum atomic E-state index is 12.3. The van der Waals surface area contributed by atoms with Crippen molar-refractivity contribution in [3.63, 3.8) is 0 Å². The van der Waals surface area contributed by atoms with Gasteiger partial charge in [0.05, 0.1) is 17.7 Å². The lowest BCUT2D eigenvalue weighted by molar-refractivity contribution is 0.0988. The van der Waals surface area contributed by atoms with Gasteiger partial charge in [0.25, 0.3) is 0 Å². The maximum Gasteiger partial charge on any atom is 0.208 e. The number of phenolic OH excluding ortho intramolecular Hbond substituents is 1. The van der Waals surface area contributed by atoms with Crippen LogP contribution in [0.3, 0.4) is 0 Å². The van der Waals surface area contributed by atoms with E-state index in [0.717, 1.165) is 34.8 Å². The van der Waals surface area contributed by atoms with E-state index in [1.165, 1.54) is 0 Å². The molecule has 0 amide bonds. The number of phenols is 1. The van der Waals surface area contributed by atoms with Crippen molar-refractivity contribution >= 4 is 23.2 Å². The number of halogens is 1. The van der Waals surface area contributed by atoms with Gasteiger partial charge < -0.3 is 9.84 Å². The Balaban J connectivity index is 2.06. The number of aromatic hydroxyl groups is 1. The highest BCUT2D eigenvalue weighted by atomic mass is 35.5. The summed E-state index contributed by atoms with van der Waals surface area (Å²) in [7, 11) is 1.60. The fourth-order valence-electron chi connectivity index (χ4n) is 3.74. The first-order valence-electron chi connectivity index (χ1n) is 7.95. The lowest BCUT2D eigenvalue weighted by atomic mass is 9.79. The normalized spacial score (nSPS) is 15.2. The first-order chi connectivity index (χ1) is 11.9. The predicted octanol–water partition coefficient (Wildman–Crippen LogP) is 3.98. The average molecular weight is 355 g/mol. The second-order valence-electron chi connectivity index (χ2n) is 6.36. The number of methoxy groups -OCH3 is 1. The summed E-state index contributed by atoms with van der Waals surface area (Å²) in [5, 5.41) is 10.6. The minimum atomic E-state index is -0.516. The quantitative estimate of drug-likeness (QED) is 0.841. The number of ether oxygens (including phenoxy) is 1. The molecule has 0 heterocycles. The van der Waals surface area contributed by atoms with Crippen molar-refractivity contribution in [3.05, 3.63) is 57.1 Å². The van der Waals surface area contributed by atoms with E-state index < -0.39 is 5.78 Å². The van der Waals surface area contributed by atoms with Gasteiger partial charge in [0.15, 0.2) is 5.78 Å². The van der Waals surface area contributed by atoms with Crippen LogP contribution in [0.5, 0.6) is 11.5 Å². The van der Waals surface area contributed by atoms with E-state index in [1.807, 2.05) is 13.0 Å². The van der Waals surface area contributed by atoms with Gasteiger partial charge in [-0.25, -0.2) is 0 Å². The highest BCUT2D eigenvalue weighted by molar-refractivity contribution is 6.49. The fourth-order valence-corrected chi connectivity index (χ4v) is 3.93. The van der Waals surface area contributed by atoms with Gasteiger partial charge >= 0.3 is 0 Å². The van der Waals surface area contributed by atoms with E-state index in [9.17, 15) is 14.7 Å². The molecule has 25 heavy (non-hydrogen) atoms. The molecule has 0 bridgehead atoms. The van der Waals surface area contributed by atoms with Crippen LogP contribution in [-0.4, -0.2) is 23.8 Å². The fraction of sp³-hybridized carbons (Fsp3) is 0.200. The summed E-state index contributed by atoms with van der Waals surface area (Å²) in [6, 6.07) is 5.69. The number of carbonyl (C=O) groups excluding carboxylic acids is 2. The van der Waals surface area contributed by atoms with Gasteiger partial charge in [-0.2, -0.15) is 0 Å². The zero-order chi connectivity index (χ0) is 17.9. The first-order valence-corrected chi connectivity index (χ1v) is 8.33. The summed E-state index contributed by atoms with van der Waals surface area (Å²) in [5.41, 5.74) is 4.64. The van der Waals surface area contributed by atoms with Crippen molar-refractivity contribution in [3.8, 4) is 22.6 Å². The molecule has 2 aliphatic carbocycles. The summed E-state index contributed by atoms with van der Waals surface area (Å²) >= 11 is 5.85. The molecule has 2 aromatic carbocycles. The lowest BCUT2D eigenvalue weighted by Crippen LogP contribution is -2.18. The Morgan fingerprint density at radius 3 is 2.56 bits per heavy atom. The Morgan fingerprint density at radius 2 is 1.84 bits per heavy atom. The van der Waals surface area contributed by atoms with Gasteiger partial charge in [-0.3, -0.25) is 9.59 Å². The number of benzene rings is 2. The van der Waals surface area contributed by atoms with Crippen LogP contribution in [0.1, 0.15) is 37.4 Å². The average Bonchev–Trinajstić information content (AvgIpc) is 2.58. The third-order valence-corrected chi connectivity index (χ3v) is 5.12. The molecule has 0 fully saturated rings. The molecule has 1 N–H and O–H groups in total. The van der Waals surface area contributed by atoms with E-state index in [4.69, 9.17) is 16.3 Å². The maximum absolute atomic E-state index is 12.3. The second kappa shape index (κ2) is 5.46.